The molecule has 3 unspecified atom stereocenters. The molecule has 17 nitrogen and oxygen atoms in total. The van der Waals surface area contributed by atoms with Gasteiger partial charge in [0.2, 0.25) is 0 Å². The number of urea groups is 1. The molecule has 320 valence electrons. The van der Waals surface area contributed by atoms with E-state index in [1.807, 2.05) is 84.0 Å². The third kappa shape index (κ3) is 10.7. The van der Waals surface area contributed by atoms with E-state index in [0.29, 0.717) is 72.2 Å². The van der Waals surface area contributed by atoms with Crippen LogP contribution in [0.4, 0.5) is 16.2 Å². The number of anilines is 2. The van der Waals surface area contributed by atoms with E-state index >= 15 is 0 Å². The normalized spacial score (nSPS) is 13.1. The van der Waals surface area contributed by atoms with Gasteiger partial charge in [0.25, 0.3) is 0 Å². The molecule has 4 heterocycles. The summed E-state index contributed by atoms with van der Waals surface area (Å²) < 4.78 is 15.4. The maximum absolute atomic E-state index is 13.8. The second kappa shape index (κ2) is 20.4. The van der Waals surface area contributed by atoms with Crippen LogP contribution in [0, 0.1) is 0 Å². The summed E-state index contributed by atoms with van der Waals surface area (Å²) in [7, 11) is 3.55. The Bertz CT molecular complexity index is 2350. The van der Waals surface area contributed by atoms with E-state index in [0.717, 1.165) is 34.3 Å². The highest BCUT2D eigenvalue weighted by molar-refractivity contribution is 6.00. The van der Waals surface area contributed by atoms with Gasteiger partial charge in [-0.05, 0) is 83.6 Å². The average Bonchev–Trinajstić information content (AvgIpc) is 3.90. The largest absolute Gasteiger partial charge is 0.491 e. The average molecular weight is 823 g/mol. The minimum atomic E-state index is -0.777. The van der Waals surface area contributed by atoms with Crippen molar-refractivity contribution in [1.82, 2.24) is 39.7 Å². The number of benzene rings is 2. The summed E-state index contributed by atoms with van der Waals surface area (Å²) in [6, 6.07) is 18.5. The van der Waals surface area contributed by atoms with Crippen LogP contribution in [-0.4, -0.2) is 123 Å². The maximum atomic E-state index is 13.8. The number of aliphatic hydroxyl groups excluding tert-OH is 2. The number of pyridine rings is 2. The van der Waals surface area contributed by atoms with E-state index in [2.05, 4.69) is 28.0 Å². The molecular weight excluding hydrogens is 765 g/mol. The van der Waals surface area contributed by atoms with Gasteiger partial charge in [-0.1, -0.05) is 24.3 Å². The van der Waals surface area contributed by atoms with Crippen molar-refractivity contribution >= 4 is 39.5 Å². The molecule has 4 aromatic heterocycles. The number of nitrogens with zero attached hydrogens (tertiary/aromatic N) is 7. The molecule has 60 heavy (non-hydrogen) atoms. The number of nitrogens with one attached hydrogen (secondary N) is 3. The minimum absolute atomic E-state index is 0.0274. The van der Waals surface area contributed by atoms with E-state index in [-0.39, 0.29) is 37.9 Å². The van der Waals surface area contributed by atoms with Crippen LogP contribution in [0.3, 0.4) is 0 Å². The number of rotatable bonds is 21. The zero-order chi connectivity index (χ0) is 42.8. The number of hydrogen-bond acceptors (Lipinski definition) is 13. The van der Waals surface area contributed by atoms with Gasteiger partial charge in [-0.25, -0.2) is 24.1 Å². The summed E-state index contributed by atoms with van der Waals surface area (Å²) in [5.74, 6) is 1.19. The molecule has 0 aliphatic rings. The first-order valence-electron chi connectivity index (χ1n) is 20.4. The molecule has 0 saturated carbocycles. The fourth-order valence-corrected chi connectivity index (χ4v) is 6.66. The molecule has 0 spiro atoms. The molecular formula is C43H58N12O5. The first-order valence-corrected chi connectivity index (χ1v) is 20.4. The molecule has 6 rings (SSSR count). The lowest BCUT2D eigenvalue weighted by atomic mass is 10.1. The lowest BCUT2D eigenvalue weighted by Crippen LogP contribution is -2.33. The topological polar surface area (TPSA) is 229 Å². The predicted molar refractivity (Wildman–Crippen MR) is 235 cm³/mol. The van der Waals surface area contributed by atoms with Gasteiger partial charge in [0.05, 0.1) is 46.3 Å². The van der Waals surface area contributed by atoms with Crippen molar-refractivity contribution in [2.24, 2.45) is 11.5 Å². The van der Waals surface area contributed by atoms with Crippen molar-refractivity contribution in [3.63, 3.8) is 0 Å². The quantitative estimate of drug-likeness (QED) is 0.0492. The summed E-state index contributed by atoms with van der Waals surface area (Å²) in [5.41, 5.74) is 17.2. The van der Waals surface area contributed by atoms with Gasteiger partial charge >= 0.3 is 6.03 Å². The molecule has 0 aliphatic heterocycles. The van der Waals surface area contributed by atoms with Crippen molar-refractivity contribution in [2.45, 2.75) is 57.9 Å². The first-order chi connectivity index (χ1) is 29.0. The van der Waals surface area contributed by atoms with Crippen molar-refractivity contribution in [1.29, 1.82) is 0 Å². The Balaban J connectivity index is 1.21. The van der Waals surface area contributed by atoms with E-state index < -0.39 is 12.2 Å². The molecule has 0 radical (unpaired) electrons. The third-order valence-corrected chi connectivity index (χ3v) is 10.1. The van der Waals surface area contributed by atoms with Crippen LogP contribution < -0.4 is 36.9 Å². The zero-order valence-electron chi connectivity index (χ0n) is 35.0. The van der Waals surface area contributed by atoms with E-state index in [1.165, 1.54) is 0 Å². The lowest BCUT2D eigenvalue weighted by Gasteiger charge is -2.21. The van der Waals surface area contributed by atoms with Crippen LogP contribution in [0.15, 0.2) is 73.1 Å². The third-order valence-electron chi connectivity index (χ3n) is 10.1. The Kier molecular flexibility index (Phi) is 14.9. The number of fused-ring (bicyclic) bond motifs is 2. The van der Waals surface area contributed by atoms with Crippen molar-refractivity contribution in [2.75, 3.05) is 70.7 Å². The standard InChI is InChI=1S/C43H58N12O5/c1-27(2)54-41-36(24-48-54)40(20-38(50-41)30-10-7-11-33(18-30)59-25-31(56)21-45)52-43(58)53(5)16-13-28(3)55-42-35(23-49-55)39(47-15-8-14-44)19-37(51-42)29-9-6-12-34(17-29)60-26-32(57)22-46-4/h6-7,9-12,17-20,23-24,27-28,31-32,46,56-57H,8,13-16,21-22,25-26,44-45H2,1-5H3,(H,47,51)(H,50,52,58). The number of ether oxygens (including phenoxy) is 2. The molecule has 2 amide bonds. The second-order valence-electron chi connectivity index (χ2n) is 15.2. The summed E-state index contributed by atoms with van der Waals surface area (Å²) in [6.07, 6.45) is 3.52. The van der Waals surface area contributed by atoms with Crippen molar-refractivity contribution in [3.05, 3.63) is 73.1 Å². The predicted octanol–water partition coefficient (Wildman–Crippen LogP) is 4.62. The molecule has 0 aliphatic carbocycles. The Hall–Kier alpha value is -5.85. The molecule has 17 heteroatoms. The van der Waals surface area contributed by atoms with Crippen LogP contribution in [0.25, 0.3) is 44.6 Å². The highest BCUT2D eigenvalue weighted by Crippen LogP contribution is 2.33. The maximum Gasteiger partial charge on any atom is 0.321 e. The van der Waals surface area contributed by atoms with E-state index in [9.17, 15) is 15.0 Å². The van der Waals surface area contributed by atoms with Crippen molar-refractivity contribution < 1.29 is 24.5 Å². The van der Waals surface area contributed by atoms with E-state index in [4.69, 9.17) is 36.0 Å². The van der Waals surface area contributed by atoms with Crippen molar-refractivity contribution in [3.8, 4) is 34.0 Å². The Morgan fingerprint density at radius 3 is 2.02 bits per heavy atom. The highest BCUT2D eigenvalue weighted by atomic mass is 16.5. The number of likely N-dealkylation sites (N-methyl/N-ethyl adjacent to an activating group) is 1. The number of amides is 2. The van der Waals surface area contributed by atoms with Gasteiger partial charge in [0, 0.05) is 56.1 Å². The fourth-order valence-electron chi connectivity index (χ4n) is 6.66. The molecule has 0 saturated heterocycles. The molecule has 0 bridgehead atoms. The number of carbonyl (C=O) groups excluding carboxylic acids is 1. The van der Waals surface area contributed by atoms with Gasteiger partial charge in [0.1, 0.15) is 36.9 Å². The van der Waals surface area contributed by atoms with Crippen LogP contribution in [-0.2, 0) is 0 Å². The molecule has 2 aromatic carbocycles. The number of aliphatic hydroxyl groups is 2. The summed E-state index contributed by atoms with van der Waals surface area (Å²) in [6.45, 7) is 8.53. The molecule has 6 aromatic rings. The highest BCUT2D eigenvalue weighted by Gasteiger charge is 2.21. The second-order valence-corrected chi connectivity index (χ2v) is 15.2. The number of nitrogens with two attached hydrogens (primary N) is 2. The Morgan fingerprint density at radius 2 is 1.42 bits per heavy atom. The van der Waals surface area contributed by atoms with Crippen LogP contribution in [0.2, 0.25) is 0 Å². The van der Waals surface area contributed by atoms with E-state index in [1.54, 1.807) is 31.3 Å². The van der Waals surface area contributed by atoms with Crippen LogP contribution in [0.1, 0.15) is 45.7 Å². The van der Waals surface area contributed by atoms with Crippen LogP contribution >= 0.6 is 0 Å². The SMILES string of the molecule is CNCC(O)COc1cccc(-c2cc(NCCCN)c3cnn(C(C)CCN(C)C(=O)Nc4cc(-c5cccc(OCC(O)CN)c5)nc5c4cnn5C(C)C)c3n2)c1. The summed E-state index contributed by atoms with van der Waals surface area (Å²) in [4.78, 5) is 25.5. The monoisotopic (exact) mass is 822 g/mol. The van der Waals surface area contributed by atoms with Gasteiger partial charge < -0.3 is 52.0 Å². The summed E-state index contributed by atoms with van der Waals surface area (Å²) in [5, 5.41) is 40.6. The number of aromatic nitrogens is 6. The lowest BCUT2D eigenvalue weighted by molar-refractivity contribution is 0.108. The number of hydrogen-bond donors (Lipinski definition) is 7. The fraction of sp³-hybridized carbons (Fsp3) is 0.419. The van der Waals surface area contributed by atoms with Gasteiger partial charge in [-0.15, -0.1) is 0 Å². The minimum Gasteiger partial charge on any atom is -0.491 e. The van der Waals surface area contributed by atoms with Gasteiger partial charge in [0.15, 0.2) is 11.3 Å². The van der Waals surface area contributed by atoms with Gasteiger partial charge in [-0.3, -0.25) is 0 Å². The van der Waals surface area contributed by atoms with Crippen LogP contribution in [0.5, 0.6) is 11.5 Å². The summed E-state index contributed by atoms with van der Waals surface area (Å²) >= 11 is 0. The molecule has 0 fully saturated rings. The smallest absolute Gasteiger partial charge is 0.321 e. The zero-order valence-corrected chi connectivity index (χ0v) is 35.0. The Labute approximate surface area is 350 Å². The van der Waals surface area contributed by atoms with Gasteiger partial charge in [-0.2, -0.15) is 10.2 Å². The number of carbonyl (C=O) groups is 1. The first kappa shape index (κ1) is 43.7. The molecule has 9 N–H and O–H groups in total. The Morgan fingerprint density at radius 1 is 0.833 bits per heavy atom. The molecule has 3 atom stereocenters.